The first-order chi connectivity index (χ1) is 11.4. The minimum Gasteiger partial charge on any atom is -0.507 e. The molecular weight excluding hydrogens is 308 g/mol. The van der Waals surface area contributed by atoms with Crippen LogP contribution in [0.4, 0.5) is 0 Å². The fraction of sp³-hybridized carbons (Fsp3) is 0.474. The Morgan fingerprint density at radius 3 is 2.67 bits per heavy atom. The molecule has 1 fully saturated rings. The van der Waals surface area contributed by atoms with Crippen LogP contribution in [0.2, 0.25) is 0 Å². The number of aromatic hydroxyl groups is 1. The number of phenolic OH excluding ortho intramolecular Hbond substituents is 1. The van der Waals surface area contributed by atoms with E-state index in [0.29, 0.717) is 24.3 Å². The first-order valence-corrected chi connectivity index (χ1v) is 8.31. The number of carbonyl (C=O) groups is 2. The zero-order valence-electron chi connectivity index (χ0n) is 14.0. The van der Waals surface area contributed by atoms with Crippen molar-refractivity contribution in [3.05, 3.63) is 39.5 Å². The monoisotopic (exact) mass is 330 g/mol. The SMILES string of the molecule is C/C(=C\Cc1c(O)c2c(c(C)c1C1CC1)COC2=O)CCC(=O)O. The number of carboxylic acid groups (broad SMARTS) is 1. The Labute approximate surface area is 140 Å². The van der Waals surface area contributed by atoms with Gasteiger partial charge in [-0.05, 0) is 56.6 Å². The lowest BCUT2D eigenvalue weighted by Gasteiger charge is -2.17. The number of ether oxygens (including phenoxy) is 1. The van der Waals surface area contributed by atoms with Gasteiger partial charge in [-0.25, -0.2) is 4.79 Å². The normalized spacial score (nSPS) is 16.9. The highest BCUT2D eigenvalue weighted by molar-refractivity contribution is 5.97. The van der Waals surface area contributed by atoms with Gasteiger partial charge in [-0.3, -0.25) is 4.79 Å². The molecule has 1 aliphatic heterocycles. The van der Waals surface area contributed by atoms with Gasteiger partial charge in [0, 0.05) is 17.5 Å². The van der Waals surface area contributed by atoms with Gasteiger partial charge in [0.05, 0.1) is 0 Å². The quantitative estimate of drug-likeness (QED) is 0.615. The summed E-state index contributed by atoms with van der Waals surface area (Å²) in [7, 11) is 0. The van der Waals surface area contributed by atoms with Crippen LogP contribution in [0.25, 0.3) is 0 Å². The lowest BCUT2D eigenvalue weighted by Crippen LogP contribution is -2.04. The molecule has 0 aromatic heterocycles. The molecule has 1 saturated carbocycles. The molecule has 0 unspecified atom stereocenters. The van der Waals surface area contributed by atoms with Gasteiger partial charge in [-0.1, -0.05) is 11.6 Å². The van der Waals surface area contributed by atoms with Crippen molar-refractivity contribution in [1.82, 2.24) is 0 Å². The molecule has 0 amide bonds. The summed E-state index contributed by atoms with van der Waals surface area (Å²) >= 11 is 0. The average molecular weight is 330 g/mol. The molecule has 1 aromatic rings. The van der Waals surface area contributed by atoms with Crippen LogP contribution >= 0.6 is 0 Å². The van der Waals surface area contributed by atoms with Crippen molar-refractivity contribution in [3.63, 3.8) is 0 Å². The second kappa shape index (κ2) is 6.30. The number of rotatable bonds is 6. The van der Waals surface area contributed by atoms with Crippen molar-refractivity contribution in [3.8, 4) is 5.75 Å². The molecule has 0 saturated heterocycles. The number of carboxylic acids is 1. The fourth-order valence-corrected chi connectivity index (χ4v) is 3.42. The van der Waals surface area contributed by atoms with Crippen molar-refractivity contribution >= 4 is 11.9 Å². The van der Waals surface area contributed by atoms with Gasteiger partial charge in [0.15, 0.2) is 0 Å². The maximum Gasteiger partial charge on any atom is 0.342 e. The Kier molecular flexibility index (Phi) is 4.35. The standard InChI is InChI=1S/C19H22O5/c1-10(4-8-15(20)21)3-7-13-16(12-5-6-12)11(2)14-9-24-19(23)17(14)18(13)22/h3,12,22H,4-9H2,1-2H3,(H,20,21)/b10-3+. The third-order valence-electron chi connectivity index (χ3n) is 4.93. The predicted molar refractivity (Wildman–Crippen MR) is 88.3 cm³/mol. The summed E-state index contributed by atoms with van der Waals surface area (Å²) in [5.74, 6) is -0.789. The van der Waals surface area contributed by atoms with Crippen molar-refractivity contribution in [2.45, 2.75) is 58.5 Å². The Morgan fingerprint density at radius 1 is 1.33 bits per heavy atom. The summed E-state index contributed by atoms with van der Waals surface area (Å²) < 4.78 is 5.11. The van der Waals surface area contributed by atoms with Crippen LogP contribution in [-0.4, -0.2) is 22.2 Å². The summed E-state index contributed by atoms with van der Waals surface area (Å²) in [4.78, 5) is 22.6. The maximum absolute atomic E-state index is 11.9. The summed E-state index contributed by atoms with van der Waals surface area (Å²) in [5.41, 5.74) is 5.09. The minimum atomic E-state index is -0.819. The number of benzene rings is 1. The molecule has 5 nitrogen and oxygen atoms in total. The summed E-state index contributed by atoms with van der Waals surface area (Å²) in [6, 6.07) is 0. The maximum atomic E-state index is 11.9. The van der Waals surface area contributed by atoms with Gasteiger partial charge in [-0.15, -0.1) is 0 Å². The zero-order chi connectivity index (χ0) is 17.4. The molecule has 2 aliphatic rings. The predicted octanol–water partition coefficient (Wildman–Crippen LogP) is 3.60. The van der Waals surface area contributed by atoms with Gasteiger partial charge in [0.2, 0.25) is 0 Å². The molecule has 0 bridgehead atoms. The number of esters is 1. The molecule has 128 valence electrons. The molecule has 0 spiro atoms. The van der Waals surface area contributed by atoms with E-state index in [1.807, 2.05) is 19.9 Å². The molecule has 3 rings (SSSR count). The third kappa shape index (κ3) is 3.03. The highest BCUT2D eigenvalue weighted by Crippen LogP contribution is 2.49. The van der Waals surface area contributed by atoms with Gasteiger partial charge < -0.3 is 14.9 Å². The number of allylic oxidation sites excluding steroid dienone is 2. The number of carbonyl (C=O) groups excluding carboxylic acids is 1. The van der Waals surface area contributed by atoms with Crippen LogP contribution < -0.4 is 0 Å². The zero-order valence-corrected chi connectivity index (χ0v) is 14.0. The number of hydrogen-bond donors (Lipinski definition) is 2. The molecule has 1 heterocycles. The largest absolute Gasteiger partial charge is 0.507 e. The first kappa shape index (κ1) is 16.6. The summed E-state index contributed by atoms with van der Waals surface area (Å²) in [6.07, 6.45) is 5.24. The Bertz CT molecular complexity index is 741. The van der Waals surface area contributed by atoms with Crippen molar-refractivity contribution in [2.75, 3.05) is 0 Å². The van der Waals surface area contributed by atoms with Crippen molar-refractivity contribution in [2.24, 2.45) is 0 Å². The van der Waals surface area contributed by atoms with E-state index in [9.17, 15) is 14.7 Å². The van der Waals surface area contributed by atoms with Gasteiger partial charge >= 0.3 is 11.9 Å². The van der Waals surface area contributed by atoms with Gasteiger partial charge in [0.1, 0.15) is 17.9 Å². The van der Waals surface area contributed by atoms with E-state index in [1.165, 1.54) is 0 Å². The number of phenols is 1. The molecule has 5 heteroatoms. The summed E-state index contributed by atoms with van der Waals surface area (Å²) in [5, 5.41) is 19.4. The number of hydrogen-bond acceptors (Lipinski definition) is 4. The van der Waals surface area contributed by atoms with Crippen LogP contribution in [-0.2, 0) is 22.6 Å². The minimum absolute atomic E-state index is 0.0438. The molecule has 1 aromatic carbocycles. The van der Waals surface area contributed by atoms with Crippen molar-refractivity contribution in [1.29, 1.82) is 0 Å². The van der Waals surface area contributed by atoms with Gasteiger partial charge in [0.25, 0.3) is 0 Å². The van der Waals surface area contributed by atoms with Gasteiger partial charge in [-0.2, -0.15) is 0 Å². The second-order valence-electron chi connectivity index (χ2n) is 6.72. The average Bonchev–Trinajstić information content (AvgIpc) is 3.28. The van der Waals surface area contributed by atoms with E-state index < -0.39 is 11.9 Å². The van der Waals surface area contributed by atoms with Crippen LogP contribution in [0.3, 0.4) is 0 Å². The van der Waals surface area contributed by atoms with E-state index in [-0.39, 0.29) is 18.8 Å². The Hall–Kier alpha value is -2.30. The molecule has 2 N–H and O–H groups in total. The van der Waals surface area contributed by atoms with E-state index in [4.69, 9.17) is 9.84 Å². The topological polar surface area (TPSA) is 83.8 Å². The number of cyclic esters (lactones) is 1. The first-order valence-electron chi connectivity index (χ1n) is 8.31. The van der Waals surface area contributed by atoms with Crippen LogP contribution in [0.5, 0.6) is 5.75 Å². The molecule has 24 heavy (non-hydrogen) atoms. The molecular formula is C19H22O5. The lowest BCUT2D eigenvalue weighted by molar-refractivity contribution is -0.136. The highest BCUT2D eigenvalue weighted by atomic mass is 16.5. The van der Waals surface area contributed by atoms with Crippen LogP contribution in [0, 0.1) is 6.92 Å². The lowest BCUT2D eigenvalue weighted by atomic mass is 9.88. The Morgan fingerprint density at radius 2 is 2.04 bits per heavy atom. The molecule has 1 aliphatic carbocycles. The van der Waals surface area contributed by atoms with E-state index in [2.05, 4.69) is 0 Å². The third-order valence-corrected chi connectivity index (χ3v) is 4.93. The second-order valence-corrected chi connectivity index (χ2v) is 6.72. The van der Waals surface area contributed by atoms with E-state index >= 15 is 0 Å². The van der Waals surface area contributed by atoms with E-state index in [0.717, 1.165) is 40.7 Å². The molecule has 0 radical (unpaired) electrons. The highest BCUT2D eigenvalue weighted by Gasteiger charge is 2.36. The van der Waals surface area contributed by atoms with Crippen molar-refractivity contribution < 1.29 is 24.5 Å². The summed E-state index contributed by atoms with van der Waals surface area (Å²) in [6.45, 7) is 4.13. The number of fused-ring (bicyclic) bond motifs is 1. The van der Waals surface area contributed by atoms with Crippen LogP contribution in [0.1, 0.15) is 71.1 Å². The van der Waals surface area contributed by atoms with Crippen LogP contribution in [0.15, 0.2) is 11.6 Å². The molecule has 0 atom stereocenters. The smallest absolute Gasteiger partial charge is 0.342 e. The van der Waals surface area contributed by atoms with E-state index in [1.54, 1.807) is 0 Å². The number of aliphatic carboxylic acids is 1. The fourth-order valence-electron chi connectivity index (χ4n) is 3.42. The Balaban J connectivity index is 1.96.